The fraction of sp³-hybridized carbons (Fsp3) is 0.316. The molecule has 2 aromatic carbocycles. The fourth-order valence-electron chi connectivity index (χ4n) is 2.45. The van der Waals surface area contributed by atoms with E-state index in [2.05, 4.69) is 10.6 Å². The van der Waals surface area contributed by atoms with Crippen molar-refractivity contribution in [1.82, 2.24) is 10.6 Å². The van der Waals surface area contributed by atoms with E-state index in [9.17, 15) is 15.0 Å². The molecule has 0 bridgehead atoms. The zero-order valence-electron chi connectivity index (χ0n) is 14.3. The zero-order chi connectivity index (χ0) is 18.1. The Labute approximate surface area is 147 Å². The predicted molar refractivity (Wildman–Crippen MR) is 95.7 cm³/mol. The molecule has 0 radical (unpaired) electrons. The largest absolute Gasteiger partial charge is 0.504 e. The lowest BCUT2D eigenvalue weighted by atomic mass is 10.1. The number of methoxy groups -OCH3 is 1. The maximum atomic E-state index is 12.1. The lowest BCUT2D eigenvalue weighted by Crippen LogP contribution is -2.28. The molecular formula is C19H24N2O4. The normalized spacial score (nSPS) is 10.5. The van der Waals surface area contributed by atoms with Crippen LogP contribution in [0.4, 0.5) is 0 Å². The Hall–Kier alpha value is -2.57. The van der Waals surface area contributed by atoms with Crippen molar-refractivity contribution in [2.75, 3.05) is 20.2 Å². The van der Waals surface area contributed by atoms with Crippen LogP contribution < -0.4 is 15.4 Å². The molecule has 4 N–H and O–H groups in total. The molecule has 0 aliphatic rings. The highest BCUT2D eigenvalue weighted by Crippen LogP contribution is 2.26. The summed E-state index contributed by atoms with van der Waals surface area (Å²) in [6, 6.07) is 12.2. The standard InChI is InChI=1S/C19H24N2O4/c1-25-18-11-14(7-8-17(18)23)12-20-9-4-10-21-19(24)16-6-3-2-5-15(16)13-22/h2-3,5-8,11,20,22-23H,4,9-10,12-13H2,1H3,(H,21,24). The Morgan fingerprint density at radius 3 is 2.72 bits per heavy atom. The summed E-state index contributed by atoms with van der Waals surface area (Å²) in [4.78, 5) is 12.1. The van der Waals surface area contributed by atoms with Gasteiger partial charge < -0.3 is 25.6 Å². The number of benzene rings is 2. The number of carbonyl (C=O) groups excluding carboxylic acids is 1. The Balaban J connectivity index is 1.69. The van der Waals surface area contributed by atoms with Gasteiger partial charge in [-0.1, -0.05) is 24.3 Å². The van der Waals surface area contributed by atoms with Crippen LogP contribution in [0.15, 0.2) is 42.5 Å². The van der Waals surface area contributed by atoms with Gasteiger partial charge in [0.25, 0.3) is 5.91 Å². The number of rotatable bonds is 9. The van der Waals surface area contributed by atoms with Gasteiger partial charge in [0.15, 0.2) is 11.5 Å². The zero-order valence-corrected chi connectivity index (χ0v) is 14.3. The third kappa shape index (κ3) is 5.48. The minimum Gasteiger partial charge on any atom is -0.504 e. The van der Waals surface area contributed by atoms with Crippen molar-refractivity contribution in [3.05, 3.63) is 59.2 Å². The number of nitrogens with one attached hydrogen (secondary N) is 2. The molecule has 0 aliphatic carbocycles. The summed E-state index contributed by atoms with van der Waals surface area (Å²) >= 11 is 0. The number of aliphatic hydroxyl groups excluding tert-OH is 1. The van der Waals surface area contributed by atoms with Crippen LogP contribution >= 0.6 is 0 Å². The average molecular weight is 344 g/mol. The minimum absolute atomic E-state index is 0.122. The van der Waals surface area contributed by atoms with Crippen LogP contribution in [0.3, 0.4) is 0 Å². The fourth-order valence-corrected chi connectivity index (χ4v) is 2.45. The first kappa shape index (κ1) is 18.8. The molecule has 6 heteroatoms. The maximum absolute atomic E-state index is 12.1. The van der Waals surface area contributed by atoms with Crippen LogP contribution in [0, 0.1) is 0 Å². The van der Waals surface area contributed by atoms with Gasteiger partial charge in [0, 0.05) is 18.7 Å². The predicted octanol–water partition coefficient (Wildman–Crippen LogP) is 1.80. The number of ether oxygens (including phenoxy) is 1. The molecule has 0 unspecified atom stereocenters. The van der Waals surface area contributed by atoms with E-state index < -0.39 is 0 Å². The molecule has 2 rings (SSSR count). The maximum Gasteiger partial charge on any atom is 0.251 e. The van der Waals surface area contributed by atoms with Crippen molar-refractivity contribution in [2.45, 2.75) is 19.6 Å². The first-order valence-electron chi connectivity index (χ1n) is 8.19. The highest BCUT2D eigenvalue weighted by atomic mass is 16.5. The van der Waals surface area contributed by atoms with Crippen LogP contribution in [-0.4, -0.2) is 36.3 Å². The smallest absolute Gasteiger partial charge is 0.251 e. The van der Waals surface area contributed by atoms with Gasteiger partial charge in [0.05, 0.1) is 13.7 Å². The molecule has 0 fully saturated rings. The molecule has 2 aromatic rings. The van der Waals surface area contributed by atoms with Crippen molar-refractivity contribution < 1.29 is 19.7 Å². The first-order valence-corrected chi connectivity index (χ1v) is 8.19. The molecule has 1 amide bonds. The van der Waals surface area contributed by atoms with Crippen molar-refractivity contribution in [3.63, 3.8) is 0 Å². The number of phenolic OH excluding ortho intramolecular Hbond substituents is 1. The topological polar surface area (TPSA) is 90.8 Å². The second kappa shape index (κ2) is 9.66. The van der Waals surface area contributed by atoms with Crippen molar-refractivity contribution in [1.29, 1.82) is 0 Å². The number of phenols is 1. The lowest BCUT2D eigenvalue weighted by Gasteiger charge is -2.10. The number of carbonyl (C=O) groups is 1. The van der Waals surface area contributed by atoms with Gasteiger partial charge in [-0.05, 0) is 42.3 Å². The molecule has 0 atom stereocenters. The highest BCUT2D eigenvalue weighted by Gasteiger charge is 2.09. The average Bonchev–Trinajstić information content (AvgIpc) is 2.65. The van der Waals surface area contributed by atoms with Gasteiger partial charge in [-0.2, -0.15) is 0 Å². The number of aliphatic hydroxyl groups is 1. The number of aromatic hydroxyl groups is 1. The van der Waals surface area contributed by atoms with Crippen molar-refractivity contribution >= 4 is 5.91 Å². The molecule has 6 nitrogen and oxygen atoms in total. The Kier molecular flexibility index (Phi) is 7.25. The monoisotopic (exact) mass is 344 g/mol. The van der Waals surface area contributed by atoms with E-state index in [1.807, 2.05) is 6.07 Å². The van der Waals surface area contributed by atoms with Crippen LogP contribution in [0.1, 0.15) is 27.9 Å². The van der Waals surface area contributed by atoms with E-state index in [1.54, 1.807) is 36.4 Å². The Bertz CT molecular complexity index is 704. The first-order chi connectivity index (χ1) is 12.2. The summed E-state index contributed by atoms with van der Waals surface area (Å²) in [6.07, 6.45) is 0.780. The van der Waals surface area contributed by atoms with Crippen LogP contribution in [-0.2, 0) is 13.2 Å². The van der Waals surface area contributed by atoms with E-state index >= 15 is 0 Å². The molecule has 0 spiro atoms. The third-order valence-corrected chi connectivity index (χ3v) is 3.82. The van der Waals surface area contributed by atoms with E-state index in [1.165, 1.54) is 7.11 Å². The number of amides is 1. The second-order valence-corrected chi connectivity index (χ2v) is 5.61. The number of hydrogen-bond donors (Lipinski definition) is 4. The summed E-state index contributed by atoms with van der Waals surface area (Å²) in [5, 5.41) is 25.0. The Morgan fingerprint density at radius 1 is 1.16 bits per heavy atom. The summed E-state index contributed by atoms with van der Waals surface area (Å²) in [7, 11) is 1.52. The summed E-state index contributed by atoms with van der Waals surface area (Å²) in [5.41, 5.74) is 2.14. The number of hydrogen-bond acceptors (Lipinski definition) is 5. The molecule has 0 saturated heterocycles. The van der Waals surface area contributed by atoms with Crippen LogP contribution in [0.2, 0.25) is 0 Å². The minimum atomic E-state index is -0.173. The molecule has 134 valence electrons. The SMILES string of the molecule is COc1cc(CNCCCNC(=O)c2ccccc2CO)ccc1O. The molecule has 0 aromatic heterocycles. The summed E-state index contributed by atoms with van der Waals surface area (Å²) in [6.45, 7) is 1.79. The van der Waals surface area contributed by atoms with E-state index in [0.29, 0.717) is 30.0 Å². The van der Waals surface area contributed by atoms with E-state index in [0.717, 1.165) is 18.5 Å². The van der Waals surface area contributed by atoms with Gasteiger partial charge in [-0.25, -0.2) is 0 Å². The van der Waals surface area contributed by atoms with Gasteiger partial charge in [-0.15, -0.1) is 0 Å². The second-order valence-electron chi connectivity index (χ2n) is 5.61. The Morgan fingerprint density at radius 2 is 1.96 bits per heavy atom. The van der Waals surface area contributed by atoms with Gasteiger partial charge >= 0.3 is 0 Å². The molecule has 0 saturated carbocycles. The molecule has 25 heavy (non-hydrogen) atoms. The highest BCUT2D eigenvalue weighted by molar-refractivity contribution is 5.95. The van der Waals surface area contributed by atoms with Gasteiger partial charge in [0.1, 0.15) is 0 Å². The van der Waals surface area contributed by atoms with Gasteiger partial charge in [0.2, 0.25) is 0 Å². The van der Waals surface area contributed by atoms with E-state index in [-0.39, 0.29) is 18.3 Å². The van der Waals surface area contributed by atoms with Crippen LogP contribution in [0.25, 0.3) is 0 Å². The summed E-state index contributed by atoms with van der Waals surface area (Å²) < 4.78 is 5.07. The van der Waals surface area contributed by atoms with Crippen molar-refractivity contribution in [2.24, 2.45) is 0 Å². The third-order valence-electron chi connectivity index (χ3n) is 3.82. The molecular weight excluding hydrogens is 320 g/mol. The van der Waals surface area contributed by atoms with Gasteiger partial charge in [-0.3, -0.25) is 4.79 Å². The lowest BCUT2D eigenvalue weighted by molar-refractivity contribution is 0.0950. The molecule has 0 aliphatic heterocycles. The molecule has 0 heterocycles. The quantitative estimate of drug-likeness (QED) is 0.521. The van der Waals surface area contributed by atoms with E-state index in [4.69, 9.17) is 4.74 Å². The van der Waals surface area contributed by atoms with Crippen LogP contribution in [0.5, 0.6) is 11.5 Å². The van der Waals surface area contributed by atoms with Crippen molar-refractivity contribution in [3.8, 4) is 11.5 Å². The summed E-state index contributed by atoms with van der Waals surface area (Å²) in [5.74, 6) is 0.402.